The zero-order valence-electron chi connectivity index (χ0n) is 17.2. The van der Waals surface area contributed by atoms with Crippen molar-refractivity contribution in [1.29, 1.82) is 0 Å². The van der Waals surface area contributed by atoms with Crippen molar-refractivity contribution in [3.63, 3.8) is 0 Å². The topological polar surface area (TPSA) is 69.8 Å². The van der Waals surface area contributed by atoms with Crippen molar-refractivity contribution in [2.75, 3.05) is 26.4 Å². The van der Waals surface area contributed by atoms with Gasteiger partial charge in [-0.05, 0) is 47.5 Å². The molecule has 0 radical (unpaired) electrons. The minimum Gasteiger partial charge on any atom is -0.491 e. The second-order valence-electron chi connectivity index (χ2n) is 7.62. The van der Waals surface area contributed by atoms with Crippen LogP contribution in [0.15, 0.2) is 66.7 Å². The lowest BCUT2D eigenvalue weighted by Crippen LogP contribution is -2.10. The summed E-state index contributed by atoms with van der Waals surface area (Å²) < 4.78 is 40.7. The molecule has 0 aromatic heterocycles. The molecule has 0 N–H and O–H groups in total. The fourth-order valence-corrected chi connectivity index (χ4v) is 3.06. The van der Waals surface area contributed by atoms with E-state index in [9.17, 15) is 9.18 Å². The smallest absolute Gasteiger partial charge is 0.343 e. The Morgan fingerprint density at radius 3 is 1.91 bits per heavy atom. The molecule has 7 heteroatoms. The molecule has 2 fully saturated rings. The molecule has 2 unspecified atom stereocenters. The third-order valence-electron chi connectivity index (χ3n) is 5.09. The summed E-state index contributed by atoms with van der Waals surface area (Å²) in [6.07, 6.45) is 0.288. The Bertz CT molecular complexity index is 1090. The molecule has 3 aromatic rings. The van der Waals surface area contributed by atoms with Gasteiger partial charge in [0.1, 0.15) is 36.9 Å². The zero-order chi connectivity index (χ0) is 21.9. The Labute approximate surface area is 184 Å². The largest absolute Gasteiger partial charge is 0.491 e. The number of ether oxygens (including phenoxy) is 5. The Morgan fingerprint density at radius 1 is 0.812 bits per heavy atom. The maximum absolute atomic E-state index is 14.3. The van der Waals surface area contributed by atoms with E-state index in [4.69, 9.17) is 23.7 Å². The van der Waals surface area contributed by atoms with Crippen molar-refractivity contribution in [2.45, 2.75) is 12.2 Å². The maximum atomic E-state index is 14.3. The van der Waals surface area contributed by atoms with Crippen molar-refractivity contribution < 1.29 is 32.9 Å². The quantitative estimate of drug-likeness (QED) is 0.284. The van der Waals surface area contributed by atoms with Crippen molar-refractivity contribution in [2.24, 2.45) is 0 Å². The fourth-order valence-electron chi connectivity index (χ4n) is 3.06. The van der Waals surface area contributed by atoms with Crippen LogP contribution in [0.4, 0.5) is 4.39 Å². The summed E-state index contributed by atoms with van der Waals surface area (Å²) in [5, 5.41) is 0. The highest BCUT2D eigenvalue weighted by Gasteiger charge is 2.24. The minimum absolute atomic E-state index is 0.0761. The average Bonchev–Trinajstić information content (AvgIpc) is 3.74. The second-order valence-corrected chi connectivity index (χ2v) is 7.62. The summed E-state index contributed by atoms with van der Waals surface area (Å²) in [4.78, 5) is 12.4. The number of halogens is 1. The molecule has 0 amide bonds. The third-order valence-corrected chi connectivity index (χ3v) is 5.09. The summed E-state index contributed by atoms with van der Waals surface area (Å²) in [5.41, 5.74) is 2.24. The highest BCUT2D eigenvalue weighted by molar-refractivity contribution is 5.91. The number of carbonyl (C=O) groups excluding carboxylic acids is 1. The first kappa shape index (κ1) is 20.5. The molecule has 0 spiro atoms. The van der Waals surface area contributed by atoms with Crippen LogP contribution in [0.1, 0.15) is 10.4 Å². The molecule has 2 aliphatic rings. The van der Waals surface area contributed by atoms with Gasteiger partial charge in [0, 0.05) is 6.07 Å². The summed E-state index contributed by atoms with van der Waals surface area (Å²) in [6, 6.07) is 18.8. The van der Waals surface area contributed by atoms with E-state index in [2.05, 4.69) is 0 Å². The van der Waals surface area contributed by atoms with Gasteiger partial charge in [0.25, 0.3) is 0 Å². The normalized spacial score (nSPS) is 18.7. The van der Waals surface area contributed by atoms with E-state index >= 15 is 0 Å². The molecule has 2 heterocycles. The lowest BCUT2D eigenvalue weighted by Gasteiger charge is -2.09. The monoisotopic (exact) mass is 436 g/mol. The summed E-state index contributed by atoms with van der Waals surface area (Å²) >= 11 is 0. The van der Waals surface area contributed by atoms with Crippen molar-refractivity contribution >= 4 is 5.97 Å². The first-order valence-electron chi connectivity index (χ1n) is 10.3. The predicted octanol–water partition coefficient (Wildman–Crippen LogP) is 4.27. The van der Waals surface area contributed by atoms with Crippen LogP contribution in [0.3, 0.4) is 0 Å². The van der Waals surface area contributed by atoms with Crippen LogP contribution < -0.4 is 14.2 Å². The van der Waals surface area contributed by atoms with Crippen LogP contribution in [-0.4, -0.2) is 44.6 Å². The number of hydrogen-bond acceptors (Lipinski definition) is 6. The SMILES string of the molecule is O=C(Oc1ccc(OCC2CO2)cc1F)c1ccc(-c2ccc(OCC3CO3)cc2)cc1. The number of benzene rings is 3. The number of rotatable bonds is 9. The Kier molecular flexibility index (Phi) is 5.75. The van der Waals surface area contributed by atoms with Gasteiger partial charge in [-0.3, -0.25) is 0 Å². The number of esters is 1. The third kappa shape index (κ3) is 5.25. The molecule has 2 saturated heterocycles. The lowest BCUT2D eigenvalue weighted by atomic mass is 10.0. The highest BCUT2D eigenvalue weighted by atomic mass is 19.1. The lowest BCUT2D eigenvalue weighted by molar-refractivity contribution is 0.0727. The molecule has 32 heavy (non-hydrogen) atoms. The van der Waals surface area contributed by atoms with E-state index in [1.54, 1.807) is 18.2 Å². The van der Waals surface area contributed by atoms with Gasteiger partial charge in [0.05, 0.1) is 18.8 Å². The van der Waals surface area contributed by atoms with Crippen LogP contribution in [0.25, 0.3) is 11.1 Å². The summed E-state index contributed by atoms with van der Waals surface area (Å²) in [6.45, 7) is 2.35. The van der Waals surface area contributed by atoms with Crippen LogP contribution >= 0.6 is 0 Å². The Hall–Kier alpha value is -3.42. The van der Waals surface area contributed by atoms with Crippen molar-refractivity contribution in [3.05, 3.63) is 78.1 Å². The molecule has 2 aliphatic heterocycles. The zero-order valence-corrected chi connectivity index (χ0v) is 17.2. The minimum atomic E-state index is -0.667. The molecule has 2 atom stereocenters. The molecular formula is C25H21FO6. The van der Waals surface area contributed by atoms with Gasteiger partial charge in [0.2, 0.25) is 0 Å². The van der Waals surface area contributed by atoms with E-state index < -0.39 is 11.8 Å². The maximum Gasteiger partial charge on any atom is 0.343 e. The van der Waals surface area contributed by atoms with E-state index in [0.29, 0.717) is 31.1 Å². The molecule has 3 aromatic carbocycles. The van der Waals surface area contributed by atoms with Crippen LogP contribution in [0, 0.1) is 5.82 Å². The molecule has 6 nitrogen and oxygen atoms in total. The van der Waals surface area contributed by atoms with Gasteiger partial charge in [0.15, 0.2) is 11.6 Å². The molecule has 0 aliphatic carbocycles. The van der Waals surface area contributed by atoms with E-state index in [-0.39, 0.29) is 18.0 Å². The highest BCUT2D eigenvalue weighted by Crippen LogP contribution is 2.26. The molecule has 0 saturated carbocycles. The van der Waals surface area contributed by atoms with Crippen molar-refractivity contribution in [1.82, 2.24) is 0 Å². The van der Waals surface area contributed by atoms with Gasteiger partial charge >= 0.3 is 5.97 Å². The first-order valence-corrected chi connectivity index (χ1v) is 10.3. The van der Waals surface area contributed by atoms with Gasteiger partial charge in [-0.25, -0.2) is 9.18 Å². The Balaban J connectivity index is 1.19. The Morgan fingerprint density at radius 2 is 1.34 bits per heavy atom. The van der Waals surface area contributed by atoms with Crippen molar-refractivity contribution in [3.8, 4) is 28.4 Å². The predicted molar refractivity (Wildman–Crippen MR) is 114 cm³/mol. The summed E-state index contributed by atoms with van der Waals surface area (Å²) in [7, 11) is 0. The van der Waals surface area contributed by atoms with Crippen LogP contribution in [0.5, 0.6) is 17.2 Å². The van der Waals surface area contributed by atoms with E-state index in [0.717, 1.165) is 23.5 Å². The van der Waals surface area contributed by atoms with Gasteiger partial charge < -0.3 is 23.7 Å². The first-order chi connectivity index (χ1) is 15.6. The van der Waals surface area contributed by atoms with E-state index in [1.165, 1.54) is 12.1 Å². The standard InChI is InChI=1S/C25H21FO6/c26-23-11-20(29-13-22-15-31-22)9-10-24(23)32-25(27)18-3-1-16(2-4-18)17-5-7-19(8-6-17)28-12-21-14-30-21/h1-11,21-22H,12-15H2. The molecule has 5 rings (SSSR count). The van der Waals surface area contributed by atoms with Crippen LogP contribution in [-0.2, 0) is 9.47 Å². The number of epoxide rings is 2. The van der Waals surface area contributed by atoms with Gasteiger partial charge in [-0.2, -0.15) is 0 Å². The van der Waals surface area contributed by atoms with Crippen LogP contribution in [0.2, 0.25) is 0 Å². The average molecular weight is 436 g/mol. The number of hydrogen-bond donors (Lipinski definition) is 0. The molecule has 164 valence electrons. The fraction of sp³-hybridized carbons (Fsp3) is 0.240. The molecular weight excluding hydrogens is 415 g/mol. The number of carbonyl (C=O) groups is 1. The summed E-state index contributed by atoms with van der Waals surface area (Å²) in [5.74, 6) is -0.314. The second kappa shape index (κ2) is 8.98. The molecule has 0 bridgehead atoms. The van der Waals surface area contributed by atoms with Gasteiger partial charge in [-0.1, -0.05) is 24.3 Å². The van der Waals surface area contributed by atoms with E-state index in [1.807, 2.05) is 36.4 Å². The van der Waals surface area contributed by atoms with Gasteiger partial charge in [-0.15, -0.1) is 0 Å².